The third-order valence-corrected chi connectivity index (χ3v) is 4.18. The van der Waals surface area contributed by atoms with Gasteiger partial charge in [-0.15, -0.1) is 0 Å². The molecule has 15 heavy (non-hydrogen) atoms. The third kappa shape index (κ3) is 7.27. The smallest absolute Gasteiger partial charge is 0.00425 e. The Morgan fingerprint density at radius 1 is 0.800 bits per heavy atom. The molecule has 2 unspecified atom stereocenters. The first kappa shape index (κ1) is 15.3. The molecule has 0 aromatic rings. The normalized spacial score (nSPS) is 16.4. The van der Waals surface area contributed by atoms with Gasteiger partial charge in [-0.25, -0.2) is 0 Å². The van der Waals surface area contributed by atoms with Gasteiger partial charge in [-0.3, -0.25) is 0 Å². The lowest BCUT2D eigenvalue weighted by molar-refractivity contribution is 0.298. The fourth-order valence-corrected chi connectivity index (χ4v) is 2.12. The van der Waals surface area contributed by atoms with Gasteiger partial charge < -0.3 is 0 Å². The molecule has 0 saturated heterocycles. The quantitative estimate of drug-likeness (QED) is 0.582. The summed E-state index contributed by atoms with van der Waals surface area (Å²) in [4.78, 5) is 0. The van der Waals surface area contributed by atoms with Crippen LogP contribution < -0.4 is 0 Å². The second-order valence-corrected chi connectivity index (χ2v) is 6.69. The minimum atomic E-state index is 0.574. The Labute approximate surface area is 103 Å². The molecular weight excluding hydrogens is 200 g/mol. The topological polar surface area (TPSA) is 0 Å². The fourth-order valence-electron chi connectivity index (χ4n) is 1.85. The van der Waals surface area contributed by atoms with Crippen molar-refractivity contribution < 1.29 is 0 Å². The molecule has 0 heterocycles. The summed E-state index contributed by atoms with van der Waals surface area (Å²) < 4.78 is 0. The lowest BCUT2D eigenvalue weighted by Gasteiger charge is -2.26. The van der Waals surface area contributed by atoms with Gasteiger partial charge in [0.05, 0.1) is 0 Å². The average molecular weight is 230 g/mol. The highest BCUT2D eigenvalue weighted by Crippen LogP contribution is 2.28. The summed E-state index contributed by atoms with van der Waals surface area (Å²) in [5.74, 6) is 3.20. The molecule has 0 nitrogen and oxygen atoms in total. The Kier molecular flexibility index (Phi) is 7.77. The highest BCUT2D eigenvalue weighted by atomic mass is 32.1. The van der Waals surface area contributed by atoms with E-state index in [4.69, 9.17) is 12.6 Å². The maximum absolute atomic E-state index is 4.70. The zero-order valence-corrected chi connectivity index (χ0v) is 12.3. The van der Waals surface area contributed by atoms with Gasteiger partial charge >= 0.3 is 0 Å². The molecule has 0 fully saturated rings. The van der Waals surface area contributed by atoms with Crippen LogP contribution in [0.5, 0.6) is 0 Å². The number of rotatable bonds is 7. The molecule has 2 atom stereocenters. The van der Waals surface area contributed by atoms with E-state index in [9.17, 15) is 0 Å². The monoisotopic (exact) mass is 230 g/mol. The number of thiol groups is 1. The van der Waals surface area contributed by atoms with E-state index in [1.54, 1.807) is 0 Å². The standard InChI is InChI=1S/C14H30S/c1-10(2)7-8-13(11(3)4)9-14(15)12(5)6/h10-15H,7-9H2,1-6H3. The molecule has 92 valence electrons. The van der Waals surface area contributed by atoms with Crippen molar-refractivity contribution in [1.29, 1.82) is 0 Å². The largest absolute Gasteiger partial charge is 0.176 e. The first-order valence-corrected chi connectivity index (χ1v) is 7.04. The van der Waals surface area contributed by atoms with Crippen molar-refractivity contribution in [3.05, 3.63) is 0 Å². The maximum Gasteiger partial charge on any atom is 0.00425 e. The molecule has 0 spiro atoms. The zero-order chi connectivity index (χ0) is 12.0. The Balaban J connectivity index is 4.04. The van der Waals surface area contributed by atoms with Gasteiger partial charge in [-0.2, -0.15) is 12.6 Å². The van der Waals surface area contributed by atoms with Crippen molar-refractivity contribution in [2.24, 2.45) is 23.7 Å². The van der Waals surface area contributed by atoms with Gasteiger partial charge in [-0.1, -0.05) is 48.0 Å². The van der Waals surface area contributed by atoms with Crippen LogP contribution >= 0.6 is 12.6 Å². The van der Waals surface area contributed by atoms with Gasteiger partial charge in [0, 0.05) is 5.25 Å². The van der Waals surface area contributed by atoms with E-state index < -0.39 is 0 Å². The molecule has 1 heteroatoms. The Morgan fingerprint density at radius 2 is 1.33 bits per heavy atom. The lowest BCUT2D eigenvalue weighted by Crippen LogP contribution is -2.18. The van der Waals surface area contributed by atoms with Crippen molar-refractivity contribution in [2.75, 3.05) is 0 Å². The molecule has 0 rings (SSSR count). The van der Waals surface area contributed by atoms with Crippen molar-refractivity contribution in [3.63, 3.8) is 0 Å². The molecular formula is C14H30S. The van der Waals surface area contributed by atoms with Gasteiger partial charge in [-0.05, 0) is 36.5 Å². The average Bonchev–Trinajstić information content (AvgIpc) is 2.10. The van der Waals surface area contributed by atoms with Gasteiger partial charge in [0.1, 0.15) is 0 Å². The summed E-state index contributed by atoms with van der Waals surface area (Å²) >= 11 is 4.70. The Bertz CT molecular complexity index is 149. The SMILES string of the molecule is CC(C)CCC(CC(S)C(C)C)C(C)C. The number of hydrogen-bond donors (Lipinski definition) is 1. The second-order valence-electron chi connectivity index (χ2n) is 6.02. The Hall–Kier alpha value is 0.350. The predicted octanol–water partition coefficient (Wildman–Crippen LogP) is 5.04. The van der Waals surface area contributed by atoms with Crippen LogP contribution in [0.4, 0.5) is 0 Å². The fraction of sp³-hybridized carbons (Fsp3) is 1.00. The molecule has 0 saturated carbocycles. The molecule has 0 radical (unpaired) electrons. The minimum Gasteiger partial charge on any atom is -0.176 e. The number of hydrogen-bond acceptors (Lipinski definition) is 1. The summed E-state index contributed by atoms with van der Waals surface area (Å²) in [5.41, 5.74) is 0. The maximum atomic E-state index is 4.70. The molecule has 0 aromatic heterocycles. The van der Waals surface area contributed by atoms with Gasteiger partial charge in [0.2, 0.25) is 0 Å². The van der Waals surface area contributed by atoms with Crippen LogP contribution in [0.3, 0.4) is 0 Å². The van der Waals surface area contributed by atoms with Crippen molar-refractivity contribution >= 4 is 12.6 Å². The van der Waals surface area contributed by atoms with Crippen LogP contribution in [0.15, 0.2) is 0 Å². The summed E-state index contributed by atoms with van der Waals surface area (Å²) in [6, 6.07) is 0. The van der Waals surface area contributed by atoms with E-state index in [0.717, 1.165) is 17.8 Å². The van der Waals surface area contributed by atoms with Gasteiger partial charge in [0.25, 0.3) is 0 Å². The summed E-state index contributed by atoms with van der Waals surface area (Å²) in [5, 5.41) is 0.574. The summed E-state index contributed by atoms with van der Waals surface area (Å²) in [6.07, 6.45) is 4.02. The van der Waals surface area contributed by atoms with Crippen molar-refractivity contribution in [1.82, 2.24) is 0 Å². The van der Waals surface area contributed by atoms with Crippen LogP contribution in [0.1, 0.15) is 60.8 Å². The highest BCUT2D eigenvalue weighted by molar-refractivity contribution is 7.81. The van der Waals surface area contributed by atoms with Gasteiger partial charge in [0.15, 0.2) is 0 Å². The molecule has 0 aliphatic heterocycles. The van der Waals surface area contributed by atoms with Crippen LogP contribution in [0, 0.1) is 23.7 Å². The molecule has 0 aliphatic carbocycles. The van der Waals surface area contributed by atoms with E-state index in [1.165, 1.54) is 19.3 Å². The van der Waals surface area contributed by atoms with Crippen LogP contribution in [-0.2, 0) is 0 Å². The van der Waals surface area contributed by atoms with Crippen molar-refractivity contribution in [3.8, 4) is 0 Å². The molecule has 0 bridgehead atoms. The van der Waals surface area contributed by atoms with Crippen LogP contribution in [-0.4, -0.2) is 5.25 Å². The summed E-state index contributed by atoms with van der Waals surface area (Å²) in [6.45, 7) is 13.9. The molecule has 0 amide bonds. The predicted molar refractivity (Wildman–Crippen MR) is 74.6 cm³/mol. The van der Waals surface area contributed by atoms with E-state index >= 15 is 0 Å². The minimum absolute atomic E-state index is 0.574. The first-order chi connectivity index (χ1) is 6.84. The van der Waals surface area contributed by atoms with Crippen LogP contribution in [0.2, 0.25) is 0 Å². The summed E-state index contributed by atoms with van der Waals surface area (Å²) in [7, 11) is 0. The van der Waals surface area contributed by atoms with Crippen molar-refractivity contribution in [2.45, 2.75) is 66.1 Å². The van der Waals surface area contributed by atoms with E-state index in [0.29, 0.717) is 11.2 Å². The highest BCUT2D eigenvalue weighted by Gasteiger charge is 2.19. The molecule has 0 aromatic carbocycles. The van der Waals surface area contributed by atoms with E-state index in [2.05, 4.69) is 41.5 Å². The van der Waals surface area contributed by atoms with E-state index in [1.807, 2.05) is 0 Å². The molecule has 0 N–H and O–H groups in total. The first-order valence-electron chi connectivity index (χ1n) is 6.52. The second kappa shape index (κ2) is 7.60. The Morgan fingerprint density at radius 3 is 1.67 bits per heavy atom. The third-order valence-electron chi connectivity index (χ3n) is 3.37. The molecule has 0 aliphatic rings. The zero-order valence-electron chi connectivity index (χ0n) is 11.5. The van der Waals surface area contributed by atoms with Crippen LogP contribution in [0.25, 0.3) is 0 Å². The van der Waals surface area contributed by atoms with E-state index in [-0.39, 0.29) is 0 Å². The lowest BCUT2D eigenvalue weighted by atomic mass is 9.83.